The molecule has 1 rings (SSSR count). The van der Waals surface area contributed by atoms with E-state index in [1.807, 2.05) is 0 Å². The van der Waals surface area contributed by atoms with Crippen molar-refractivity contribution in [3.8, 4) is 0 Å². The molecule has 2 atom stereocenters. The molecule has 1 aromatic rings. The minimum atomic E-state index is 0.456. The summed E-state index contributed by atoms with van der Waals surface area (Å²) in [7, 11) is 2.24. The van der Waals surface area contributed by atoms with Crippen molar-refractivity contribution in [1.29, 1.82) is 0 Å². The molecule has 0 amide bonds. The van der Waals surface area contributed by atoms with Gasteiger partial charge in [-0.25, -0.2) is 0 Å². The van der Waals surface area contributed by atoms with E-state index in [-0.39, 0.29) is 0 Å². The third-order valence-electron chi connectivity index (χ3n) is 4.03. The van der Waals surface area contributed by atoms with Crippen molar-refractivity contribution in [1.82, 2.24) is 10.2 Å². The molecule has 2 unspecified atom stereocenters. The number of hydrogen-bond acceptors (Lipinski definition) is 2. The maximum Gasteiger partial charge on any atom is 0.0332 e. The molecule has 0 saturated heterocycles. The van der Waals surface area contributed by atoms with E-state index >= 15 is 0 Å². The third kappa shape index (κ3) is 7.44. The molecule has 2 nitrogen and oxygen atoms in total. The summed E-state index contributed by atoms with van der Waals surface area (Å²) in [6, 6.07) is 9.19. The highest BCUT2D eigenvalue weighted by atomic mass is 79.9. The van der Waals surface area contributed by atoms with Gasteiger partial charge in [0.2, 0.25) is 0 Å². The normalized spacial score (nSPS) is 14.4. The molecule has 0 heterocycles. The Kier molecular flexibility index (Phi) is 9.21. The van der Waals surface area contributed by atoms with Gasteiger partial charge in [-0.1, -0.05) is 55.3 Å². The minimum Gasteiger partial charge on any atom is -0.310 e. The summed E-state index contributed by atoms with van der Waals surface area (Å²) in [5, 5.41) is 3.69. The van der Waals surface area contributed by atoms with Crippen LogP contribution >= 0.6 is 15.9 Å². The first-order valence-electron chi connectivity index (χ1n) is 8.24. The van der Waals surface area contributed by atoms with Crippen molar-refractivity contribution in [3.05, 3.63) is 34.3 Å². The van der Waals surface area contributed by atoms with Crippen LogP contribution in [0.25, 0.3) is 0 Å². The summed E-state index contributed by atoms with van der Waals surface area (Å²) in [6.07, 6.45) is 3.60. The van der Waals surface area contributed by atoms with E-state index in [0.717, 1.165) is 29.9 Å². The van der Waals surface area contributed by atoms with Crippen molar-refractivity contribution in [2.45, 2.75) is 46.1 Å². The quantitative estimate of drug-likeness (QED) is 0.645. The van der Waals surface area contributed by atoms with Gasteiger partial charge in [-0.2, -0.15) is 0 Å². The summed E-state index contributed by atoms with van der Waals surface area (Å²) >= 11 is 3.52. The zero-order valence-corrected chi connectivity index (χ0v) is 15.6. The molecule has 3 heteroatoms. The zero-order valence-electron chi connectivity index (χ0n) is 14.0. The Labute approximate surface area is 139 Å². The maximum absolute atomic E-state index is 3.69. The summed E-state index contributed by atoms with van der Waals surface area (Å²) in [6.45, 7) is 10.2. The fraction of sp³-hybridized carbons (Fsp3) is 0.667. The Morgan fingerprint density at radius 1 is 1.19 bits per heavy atom. The fourth-order valence-corrected chi connectivity index (χ4v) is 2.77. The van der Waals surface area contributed by atoms with Gasteiger partial charge in [0, 0.05) is 17.1 Å². The molecular weight excluding hydrogens is 324 g/mol. The van der Waals surface area contributed by atoms with Crippen LogP contribution in [-0.2, 0) is 0 Å². The Hall–Kier alpha value is -0.380. The van der Waals surface area contributed by atoms with Crippen LogP contribution in [0.4, 0.5) is 0 Å². The van der Waals surface area contributed by atoms with E-state index in [2.05, 4.69) is 78.2 Å². The Balaban J connectivity index is 2.55. The molecule has 1 N–H and O–H groups in total. The van der Waals surface area contributed by atoms with Gasteiger partial charge in [0.15, 0.2) is 0 Å². The van der Waals surface area contributed by atoms with Crippen LogP contribution < -0.4 is 5.32 Å². The number of rotatable bonds is 10. The van der Waals surface area contributed by atoms with Gasteiger partial charge in [0.05, 0.1) is 0 Å². The van der Waals surface area contributed by atoms with Crippen LogP contribution in [0.5, 0.6) is 0 Å². The first-order chi connectivity index (χ1) is 10.1. The second kappa shape index (κ2) is 10.4. The van der Waals surface area contributed by atoms with E-state index in [1.54, 1.807) is 0 Å². The molecule has 0 spiro atoms. The molecule has 0 radical (unpaired) electrons. The average molecular weight is 355 g/mol. The lowest BCUT2D eigenvalue weighted by molar-refractivity contribution is 0.266. The van der Waals surface area contributed by atoms with Crippen LogP contribution in [0.1, 0.15) is 51.6 Å². The molecule has 0 aromatic heterocycles. The SMILES string of the molecule is CCCNC(CCN(C)CC(C)CC)c1ccc(Br)cc1. The maximum atomic E-state index is 3.69. The van der Waals surface area contributed by atoms with Gasteiger partial charge < -0.3 is 10.2 Å². The van der Waals surface area contributed by atoms with Crippen molar-refractivity contribution in [3.63, 3.8) is 0 Å². The van der Waals surface area contributed by atoms with E-state index in [4.69, 9.17) is 0 Å². The van der Waals surface area contributed by atoms with Crippen LogP contribution in [0.3, 0.4) is 0 Å². The van der Waals surface area contributed by atoms with Gasteiger partial charge in [0.25, 0.3) is 0 Å². The second-order valence-corrected chi connectivity index (χ2v) is 7.04. The van der Waals surface area contributed by atoms with Crippen LogP contribution in [-0.4, -0.2) is 31.6 Å². The third-order valence-corrected chi connectivity index (χ3v) is 4.56. The van der Waals surface area contributed by atoms with Crippen molar-refractivity contribution < 1.29 is 0 Å². The summed E-state index contributed by atoms with van der Waals surface area (Å²) in [4.78, 5) is 2.47. The zero-order chi connectivity index (χ0) is 15.7. The first-order valence-corrected chi connectivity index (χ1v) is 9.03. The Bertz CT molecular complexity index is 377. The largest absolute Gasteiger partial charge is 0.310 e. The topological polar surface area (TPSA) is 15.3 Å². The standard InChI is InChI=1S/C18H31BrN2/c1-5-12-20-18(16-7-9-17(19)10-8-16)11-13-21(4)14-15(3)6-2/h7-10,15,18,20H,5-6,11-14H2,1-4H3. The summed E-state index contributed by atoms with van der Waals surface area (Å²) in [5.41, 5.74) is 1.39. The van der Waals surface area contributed by atoms with Gasteiger partial charge in [0.1, 0.15) is 0 Å². The van der Waals surface area contributed by atoms with Crippen molar-refractivity contribution in [2.75, 3.05) is 26.7 Å². The molecule has 0 aliphatic carbocycles. The number of benzene rings is 1. The lowest BCUT2D eigenvalue weighted by atomic mass is 10.0. The predicted octanol–water partition coefficient (Wildman–Crippen LogP) is 4.86. The molecule has 1 aromatic carbocycles. The van der Waals surface area contributed by atoms with E-state index in [9.17, 15) is 0 Å². The first kappa shape index (κ1) is 18.7. The number of nitrogens with zero attached hydrogens (tertiary/aromatic N) is 1. The molecule has 0 saturated carbocycles. The Morgan fingerprint density at radius 3 is 2.43 bits per heavy atom. The smallest absolute Gasteiger partial charge is 0.0332 e. The van der Waals surface area contributed by atoms with E-state index in [0.29, 0.717) is 6.04 Å². The summed E-state index contributed by atoms with van der Waals surface area (Å²) < 4.78 is 1.15. The lowest BCUT2D eigenvalue weighted by Gasteiger charge is -2.25. The molecule has 0 aliphatic heterocycles. The number of halogens is 1. The molecule has 21 heavy (non-hydrogen) atoms. The van der Waals surface area contributed by atoms with Gasteiger partial charge in [-0.05, 0) is 56.6 Å². The minimum absolute atomic E-state index is 0.456. The highest BCUT2D eigenvalue weighted by Crippen LogP contribution is 2.20. The molecule has 0 bridgehead atoms. The van der Waals surface area contributed by atoms with Crippen LogP contribution in [0, 0.1) is 5.92 Å². The van der Waals surface area contributed by atoms with Crippen molar-refractivity contribution in [2.24, 2.45) is 5.92 Å². The highest BCUT2D eigenvalue weighted by Gasteiger charge is 2.12. The molecule has 120 valence electrons. The molecular formula is C18H31BrN2. The number of hydrogen-bond donors (Lipinski definition) is 1. The van der Waals surface area contributed by atoms with Crippen LogP contribution in [0.2, 0.25) is 0 Å². The van der Waals surface area contributed by atoms with Crippen LogP contribution in [0.15, 0.2) is 28.7 Å². The number of nitrogens with one attached hydrogen (secondary N) is 1. The van der Waals surface area contributed by atoms with Gasteiger partial charge >= 0.3 is 0 Å². The average Bonchev–Trinajstić information content (AvgIpc) is 2.48. The fourth-order valence-electron chi connectivity index (χ4n) is 2.50. The predicted molar refractivity (Wildman–Crippen MR) is 96.7 cm³/mol. The molecule has 0 fully saturated rings. The highest BCUT2D eigenvalue weighted by molar-refractivity contribution is 9.10. The van der Waals surface area contributed by atoms with E-state index < -0.39 is 0 Å². The van der Waals surface area contributed by atoms with E-state index in [1.165, 1.54) is 24.9 Å². The van der Waals surface area contributed by atoms with Crippen molar-refractivity contribution >= 4 is 15.9 Å². The van der Waals surface area contributed by atoms with Gasteiger partial charge in [-0.3, -0.25) is 0 Å². The lowest BCUT2D eigenvalue weighted by Crippen LogP contribution is -2.30. The molecule has 0 aliphatic rings. The summed E-state index contributed by atoms with van der Waals surface area (Å²) in [5.74, 6) is 0.782. The van der Waals surface area contributed by atoms with Gasteiger partial charge in [-0.15, -0.1) is 0 Å². The Morgan fingerprint density at radius 2 is 1.86 bits per heavy atom. The second-order valence-electron chi connectivity index (χ2n) is 6.12. The monoisotopic (exact) mass is 354 g/mol.